The second kappa shape index (κ2) is 4.46. The summed E-state index contributed by atoms with van der Waals surface area (Å²) in [5.41, 5.74) is 0. The predicted octanol–water partition coefficient (Wildman–Crippen LogP) is 0.771. The van der Waals surface area contributed by atoms with Crippen LogP contribution in [0.3, 0.4) is 0 Å². The quantitative estimate of drug-likeness (QED) is 0.608. The summed E-state index contributed by atoms with van der Waals surface area (Å²) < 4.78 is 10.4. The summed E-state index contributed by atoms with van der Waals surface area (Å²) in [6.45, 7) is 3.57. The lowest BCUT2D eigenvalue weighted by Crippen LogP contribution is -2.29. The van der Waals surface area contributed by atoms with Crippen molar-refractivity contribution in [3.8, 4) is 0 Å². The first kappa shape index (κ1) is 8.68. The van der Waals surface area contributed by atoms with Crippen LogP contribution in [0.1, 0.15) is 19.8 Å². The van der Waals surface area contributed by atoms with E-state index in [0.717, 1.165) is 6.42 Å². The molecule has 1 rings (SSSR count). The maximum atomic E-state index is 10.7. The predicted molar refractivity (Wildman–Crippen MR) is 40.5 cm³/mol. The van der Waals surface area contributed by atoms with E-state index in [2.05, 4.69) is 0 Å². The van der Waals surface area contributed by atoms with Gasteiger partial charge in [0.25, 0.3) is 0 Å². The van der Waals surface area contributed by atoms with Crippen molar-refractivity contribution < 1.29 is 14.3 Å². The van der Waals surface area contributed by atoms with Crippen molar-refractivity contribution in [2.24, 2.45) is 0 Å². The minimum atomic E-state index is 0.146. The largest absolute Gasteiger partial charge is 0.379 e. The Balaban J connectivity index is 2.12. The van der Waals surface area contributed by atoms with E-state index < -0.39 is 0 Å². The van der Waals surface area contributed by atoms with Gasteiger partial charge in [0.15, 0.2) is 5.78 Å². The van der Waals surface area contributed by atoms with Gasteiger partial charge in [-0.25, -0.2) is 0 Å². The molecular formula is C8H14O3. The summed E-state index contributed by atoms with van der Waals surface area (Å²) >= 11 is 0. The van der Waals surface area contributed by atoms with E-state index >= 15 is 0 Å². The third-order valence-corrected chi connectivity index (χ3v) is 1.73. The van der Waals surface area contributed by atoms with Gasteiger partial charge in [-0.1, -0.05) is 0 Å². The highest BCUT2D eigenvalue weighted by Crippen LogP contribution is 2.10. The fourth-order valence-electron chi connectivity index (χ4n) is 1.07. The van der Waals surface area contributed by atoms with Gasteiger partial charge in [0.05, 0.1) is 12.7 Å². The maximum absolute atomic E-state index is 10.7. The van der Waals surface area contributed by atoms with Crippen molar-refractivity contribution in [3.05, 3.63) is 0 Å². The summed E-state index contributed by atoms with van der Waals surface area (Å²) in [6, 6.07) is 0. The van der Waals surface area contributed by atoms with E-state index in [9.17, 15) is 4.79 Å². The van der Waals surface area contributed by atoms with Gasteiger partial charge in [0, 0.05) is 13.0 Å². The van der Waals surface area contributed by atoms with Gasteiger partial charge in [-0.05, 0) is 13.3 Å². The number of carbonyl (C=O) groups excluding carboxylic acids is 1. The minimum Gasteiger partial charge on any atom is -0.379 e. The molecule has 64 valence electrons. The van der Waals surface area contributed by atoms with Crippen molar-refractivity contribution in [1.29, 1.82) is 0 Å². The highest BCUT2D eigenvalue weighted by molar-refractivity contribution is 5.80. The third-order valence-electron chi connectivity index (χ3n) is 1.73. The second-order valence-electron chi connectivity index (χ2n) is 2.67. The Morgan fingerprint density at radius 3 is 3.09 bits per heavy atom. The molecule has 11 heavy (non-hydrogen) atoms. The first-order chi connectivity index (χ1) is 5.33. The molecule has 0 N–H and O–H groups in total. The van der Waals surface area contributed by atoms with Gasteiger partial charge in [-0.2, -0.15) is 0 Å². The van der Waals surface area contributed by atoms with Crippen molar-refractivity contribution in [3.63, 3.8) is 0 Å². The third kappa shape index (κ3) is 2.99. The van der Waals surface area contributed by atoms with Gasteiger partial charge < -0.3 is 9.47 Å². The van der Waals surface area contributed by atoms with Crippen LogP contribution in [0, 0.1) is 0 Å². The average Bonchev–Trinajstić information content (AvgIpc) is 2.04. The van der Waals surface area contributed by atoms with Gasteiger partial charge in [0.2, 0.25) is 0 Å². The normalized spacial score (nSPS) is 25.5. The number of Topliss-reactive ketones (excluding diaryl/α,β-unsaturated/α-hetero) is 1. The second-order valence-corrected chi connectivity index (χ2v) is 2.67. The van der Waals surface area contributed by atoms with E-state index in [0.29, 0.717) is 19.6 Å². The Morgan fingerprint density at radius 2 is 2.55 bits per heavy atom. The molecule has 1 fully saturated rings. The Morgan fingerprint density at radius 1 is 1.73 bits per heavy atom. The van der Waals surface area contributed by atoms with E-state index in [1.807, 2.05) is 6.92 Å². The van der Waals surface area contributed by atoms with Crippen LogP contribution >= 0.6 is 0 Å². The number of ether oxygens (including phenoxy) is 2. The molecule has 3 heteroatoms. The number of rotatable bonds is 3. The summed E-state index contributed by atoms with van der Waals surface area (Å²) in [4.78, 5) is 10.7. The van der Waals surface area contributed by atoms with Crippen molar-refractivity contribution in [2.75, 3.05) is 19.8 Å². The topological polar surface area (TPSA) is 35.5 Å². The van der Waals surface area contributed by atoms with E-state index in [1.165, 1.54) is 0 Å². The summed E-state index contributed by atoms with van der Waals surface area (Å²) in [6.07, 6.45) is 1.61. The molecule has 0 spiro atoms. The van der Waals surface area contributed by atoms with Gasteiger partial charge in [0.1, 0.15) is 6.61 Å². The molecule has 1 saturated heterocycles. The lowest BCUT2D eigenvalue weighted by molar-refractivity contribution is -0.133. The molecule has 3 nitrogen and oxygen atoms in total. The number of carbonyl (C=O) groups is 1. The molecule has 1 atom stereocenters. The van der Waals surface area contributed by atoms with Gasteiger partial charge in [-0.3, -0.25) is 4.79 Å². The molecule has 1 aliphatic rings. The number of hydrogen-bond acceptors (Lipinski definition) is 3. The molecule has 1 heterocycles. The Bertz CT molecular complexity index is 123. The highest BCUT2D eigenvalue weighted by Gasteiger charge is 2.18. The van der Waals surface area contributed by atoms with Crippen LogP contribution in [0.4, 0.5) is 0 Å². The minimum absolute atomic E-state index is 0.146. The molecule has 1 aliphatic heterocycles. The highest BCUT2D eigenvalue weighted by atomic mass is 16.5. The fraction of sp³-hybridized carbons (Fsp3) is 0.875. The standard InChI is InChI=1S/C8H14O3/c1-2-10-6-8-4-3-7(9)5-11-8/h8H,2-6H2,1H3. The average molecular weight is 158 g/mol. The van der Waals surface area contributed by atoms with Crippen LogP contribution in [-0.2, 0) is 14.3 Å². The SMILES string of the molecule is CCOCC1CCC(=O)CO1. The molecule has 1 unspecified atom stereocenters. The molecule has 0 radical (unpaired) electrons. The van der Waals surface area contributed by atoms with Crippen LogP contribution in [-0.4, -0.2) is 31.7 Å². The maximum Gasteiger partial charge on any atom is 0.158 e. The Labute approximate surface area is 66.7 Å². The van der Waals surface area contributed by atoms with Gasteiger partial charge >= 0.3 is 0 Å². The molecule has 0 aromatic carbocycles. The molecular weight excluding hydrogens is 144 g/mol. The molecule has 0 bridgehead atoms. The lowest BCUT2D eigenvalue weighted by Gasteiger charge is -2.21. The van der Waals surface area contributed by atoms with E-state index in [4.69, 9.17) is 9.47 Å². The lowest BCUT2D eigenvalue weighted by atomic mass is 10.1. The number of hydrogen-bond donors (Lipinski definition) is 0. The molecule has 0 aromatic heterocycles. The molecule has 0 amide bonds. The summed E-state index contributed by atoms with van der Waals surface area (Å²) in [7, 11) is 0. The van der Waals surface area contributed by atoms with Gasteiger partial charge in [-0.15, -0.1) is 0 Å². The fourth-order valence-corrected chi connectivity index (χ4v) is 1.07. The monoisotopic (exact) mass is 158 g/mol. The van der Waals surface area contributed by atoms with Crippen molar-refractivity contribution in [1.82, 2.24) is 0 Å². The zero-order chi connectivity index (χ0) is 8.10. The zero-order valence-corrected chi connectivity index (χ0v) is 6.84. The van der Waals surface area contributed by atoms with Crippen LogP contribution in [0.25, 0.3) is 0 Å². The molecule has 0 saturated carbocycles. The zero-order valence-electron chi connectivity index (χ0n) is 6.84. The molecule has 0 aliphatic carbocycles. The van der Waals surface area contributed by atoms with Crippen molar-refractivity contribution in [2.45, 2.75) is 25.9 Å². The number of ketones is 1. The van der Waals surface area contributed by atoms with Crippen LogP contribution in [0.15, 0.2) is 0 Å². The molecule has 0 aromatic rings. The summed E-state index contributed by atoms with van der Waals surface area (Å²) in [5, 5.41) is 0. The van der Waals surface area contributed by atoms with Crippen LogP contribution < -0.4 is 0 Å². The van der Waals surface area contributed by atoms with Crippen molar-refractivity contribution >= 4 is 5.78 Å². The Kier molecular flexibility index (Phi) is 3.52. The first-order valence-electron chi connectivity index (χ1n) is 4.04. The first-order valence-corrected chi connectivity index (χ1v) is 4.04. The smallest absolute Gasteiger partial charge is 0.158 e. The summed E-state index contributed by atoms with van der Waals surface area (Å²) in [5.74, 6) is 0.206. The Hall–Kier alpha value is -0.410. The van der Waals surface area contributed by atoms with E-state index in [-0.39, 0.29) is 18.5 Å². The van der Waals surface area contributed by atoms with E-state index in [1.54, 1.807) is 0 Å². The van der Waals surface area contributed by atoms with Crippen LogP contribution in [0.5, 0.6) is 0 Å². The van der Waals surface area contributed by atoms with Crippen LogP contribution in [0.2, 0.25) is 0 Å².